The highest BCUT2D eigenvalue weighted by Gasteiger charge is 2.11. The first-order chi connectivity index (χ1) is 6.67. The number of aromatic nitrogens is 1. The number of ether oxygens (including phenoxy) is 1. The number of nitrogens with one attached hydrogen (secondary N) is 1. The zero-order valence-electron chi connectivity index (χ0n) is 8.11. The lowest BCUT2D eigenvalue weighted by Gasteiger charge is -2.08. The second kappa shape index (κ2) is 4.76. The van der Waals surface area contributed by atoms with Crippen molar-refractivity contribution >= 4 is 17.4 Å². The molecule has 1 aromatic rings. The molecule has 0 saturated carbocycles. The van der Waals surface area contributed by atoms with Gasteiger partial charge in [0.05, 0.1) is 18.0 Å². The molecule has 1 N–H and O–H groups in total. The second-order valence-electron chi connectivity index (χ2n) is 2.71. The SMILES string of the molecule is C=CC(=O)NC(C)c1cc(OC)ns1. The van der Waals surface area contributed by atoms with E-state index in [0.717, 1.165) is 4.88 Å². The molecule has 0 aromatic carbocycles. The topological polar surface area (TPSA) is 51.2 Å². The first-order valence-electron chi connectivity index (χ1n) is 4.11. The summed E-state index contributed by atoms with van der Waals surface area (Å²) in [6.07, 6.45) is 1.24. The molecule has 1 unspecified atom stereocenters. The number of carbonyl (C=O) groups excluding carboxylic acids is 1. The predicted octanol–water partition coefficient (Wildman–Crippen LogP) is 1.51. The number of methoxy groups -OCH3 is 1. The van der Waals surface area contributed by atoms with Crippen molar-refractivity contribution in [1.82, 2.24) is 9.69 Å². The summed E-state index contributed by atoms with van der Waals surface area (Å²) in [4.78, 5) is 12.0. The third-order valence-electron chi connectivity index (χ3n) is 1.69. The third kappa shape index (κ3) is 2.56. The largest absolute Gasteiger partial charge is 0.480 e. The molecule has 1 aromatic heterocycles. The van der Waals surface area contributed by atoms with Crippen LogP contribution in [0.15, 0.2) is 18.7 Å². The molecule has 4 nitrogen and oxygen atoms in total. The van der Waals surface area contributed by atoms with Gasteiger partial charge in [-0.1, -0.05) is 6.58 Å². The first-order valence-corrected chi connectivity index (χ1v) is 4.88. The van der Waals surface area contributed by atoms with Crippen molar-refractivity contribution in [2.45, 2.75) is 13.0 Å². The van der Waals surface area contributed by atoms with Crippen LogP contribution in [-0.2, 0) is 4.79 Å². The fourth-order valence-electron chi connectivity index (χ4n) is 0.916. The summed E-state index contributed by atoms with van der Waals surface area (Å²) >= 11 is 1.31. The lowest BCUT2D eigenvalue weighted by atomic mass is 10.3. The Morgan fingerprint density at radius 2 is 2.57 bits per heavy atom. The molecule has 1 heterocycles. The van der Waals surface area contributed by atoms with Gasteiger partial charge in [-0.3, -0.25) is 4.79 Å². The van der Waals surface area contributed by atoms with Gasteiger partial charge < -0.3 is 10.1 Å². The quantitative estimate of drug-likeness (QED) is 0.770. The zero-order valence-corrected chi connectivity index (χ0v) is 8.93. The summed E-state index contributed by atoms with van der Waals surface area (Å²) in [5.41, 5.74) is 0. The molecule has 0 saturated heterocycles. The molecule has 0 aliphatic rings. The Kier molecular flexibility index (Phi) is 3.64. The van der Waals surface area contributed by atoms with Crippen molar-refractivity contribution in [3.8, 4) is 5.88 Å². The van der Waals surface area contributed by atoms with Gasteiger partial charge in [0.2, 0.25) is 11.8 Å². The van der Waals surface area contributed by atoms with Gasteiger partial charge in [0.25, 0.3) is 0 Å². The van der Waals surface area contributed by atoms with Gasteiger partial charge in [-0.15, -0.1) is 0 Å². The number of hydrogen-bond donors (Lipinski definition) is 1. The molecule has 76 valence electrons. The maximum absolute atomic E-state index is 11.0. The maximum Gasteiger partial charge on any atom is 0.243 e. The average Bonchev–Trinajstić information content (AvgIpc) is 2.65. The van der Waals surface area contributed by atoms with E-state index in [4.69, 9.17) is 4.74 Å². The van der Waals surface area contributed by atoms with Crippen molar-refractivity contribution < 1.29 is 9.53 Å². The Hall–Kier alpha value is -1.36. The van der Waals surface area contributed by atoms with Crippen molar-refractivity contribution in [3.63, 3.8) is 0 Å². The molecule has 1 atom stereocenters. The number of carbonyl (C=O) groups is 1. The fourth-order valence-corrected chi connectivity index (χ4v) is 1.61. The second-order valence-corrected chi connectivity index (χ2v) is 3.54. The van der Waals surface area contributed by atoms with Gasteiger partial charge in [-0.05, 0) is 24.5 Å². The van der Waals surface area contributed by atoms with E-state index in [2.05, 4.69) is 16.3 Å². The van der Waals surface area contributed by atoms with Crippen LogP contribution in [0.1, 0.15) is 17.8 Å². The van der Waals surface area contributed by atoms with Crippen LogP contribution in [0.5, 0.6) is 5.88 Å². The fraction of sp³-hybridized carbons (Fsp3) is 0.333. The molecule has 0 fully saturated rings. The number of rotatable bonds is 4. The van der Waals surface area contributed by atoms with E-state index in [1.165, 1.54) is 17.6 Å². The number of amides is 1. The Morgan fingerprint density at radius 1 is 1.86 bits per heavy atom. The van der Waals surface area contributed by atoms with Gasteiger partial charge in [0, 0.05) is 6.07 Å². The highest BCUT2D eigenvalue weighted by atomic mass is 32.1. The Bertz CT molecular complexity index is 335. The summed E-state index contributed by atoms with van der Waals surface area (Å²) in [5.74, 6) is 0.384. The van der Waals surface area contributed by atoms with Crippen molar-refractivity contribution in [2.75, 3.05) is 7.11 Å². The van der Waals surface area contributed by atoms with Crippen LogP contribution in [0.2, 0.25) is 0 Å². The van der Waals surface area contributed by atoms with E-state index in [1.807, 2.05) is 6.92 Å². The van der Waals surface area contributed by atoms with Crippen molar-refractivity contribution in [1.29, 1.82) is 0 Å². The summed E-state index contributed by atoms with van der Waals surface area (Å²) in [6.45, 7) is 5.26. The molecule has 0 bridgehead atoms. The van der Waals surface area contributed by atoms with E-state index in [9.17, 15) is 4.79 Å². The van der Waals surface area contributed by atoms with E-state index >= 15 is 0 Å². The zero-order chi connectivity index (χ0) is 10.6. The van der Waals surface area contributed by atoms with Gasteiger partial charge in [0.15, 0.2) is 0 Å². The molecular formula is C9H12N2O2S. The Morgan fingerprint density at radius 3 is 3.07 bits per heavy atom. The van der Waals surface area contributed by atoms with Crippen molar-refractivity contribution in [2.24, 2.45) is 0 Å². The van der Waals surface area contributed by atoms with Gasteiger partial charge >= 0.3 is 0 Å². The van der Waals surface area contributed by atoms with Crippen LogP contribution in [0.4, 0.5) is 0 Å². The Balaban J connectivity index is 2.64. The van der Waals surface area contributed by atoms with Gasteiger partial charge in [-0.2, -0.15) is 4.37 Å². The monoisotopic (exact) mass is 212 g/mol. The average molecular weight is 212 g/mol. The molecule has 5 heteroatoms. The molecular weight excluding hydrogens is 200 g/mol. The van der Waals surface area contributed by atoms with Crippen molar-refractivity contribution in [3.05, 3.63) is 23.6 Å². The highest BCUT2D eigenvalue weighted by Crippen LogP contribution is 2.22. The van der Waals surface area contributed by atoms with E-state index in [-0.39, 0.29) is 11.9 Å². The minimum absolute atomic E-state index is 0.0677. The van der Waals surface area contributed by atoms with E-state index < -0.39 is 0 Å². The maximum atomic E-state index is 11.0. The van der Waals surface area contributed by atoms with Crippen LogP contribution in [-0.4, -0.2) is 17.4 Å². The summed E-state index contributed by atoms with van der Waals surface area (Å²) < 4.78 is 8.97. The van der Waals surface area contributed by atoms with E-state index in [1.54, 1.807) is 13.2 Å². The molecule has 0 aliphatic carbocycles. The van der Waals surface area contributed by atoms with E-state index in [0.29, 0.717) is 5.88 Å². The molecule has 0 radical (unpaired) electrons. The molecule has 0 aliphatic heterocycles. The van der Waals surface area contributed by atoms with Gasteiger partial charge in [0.1, 0.15) is 0 Å². The smallest absolute Gasteiger partial charge is 0.243 e. The molecule has 0 spiro atoms. The normalized spacial score (nSPS) is 11.9. The summed E-state index contributed by atoms with van der Waals surface area (Å²) in [5, 5.41) is 2.74. The molecule has 14 heavy (non-hydrogen) atoms. The summed E-state index contributed by atoms with van der Waals surface area (Å²) in [6, 6.07) is 1.74. The standard InChI is InChI=1S/C9H12N2O2S/c1-4-8(12)10-6(2)7-5-9(13-3)11-14-7/h4-6H,1H2,2-3H3,(H,10,12). The Labute approximate surface area is 86.8 Å². The third-order valence-corrected chi connectivity index (χ3v) is 2.64. The first kappa shape index (κ1) is 10.7. The highest BCUT2D eigenvalue weighted by molar-refractivity contribution is 7.06. The van der Waals surface area contributed by atoms with Crippen LogP contribution in [0.3, 0.4) is 0 Å². The van der Waals surface area contributed by atoms with Crippen LogP contribution in [0, 0.1) is 0 Å². The number of hydrogen-bond acceptors (Lipinski definition) is 4. The van der Waals surface area contributed by atoms with Crippen LogP contribution < -0.4 is 10.1 Å². The lowest BCUT2D eigenvalue weighted by Crippen LogP contribution is -2.23. The minimum atomic E-state index is -0.190. The number of nitrogens with zero attached hydrogens (tertiary/aromatic N) is 1. The minimum Gasteiger partial charge on any atom is -0.480 e. The molecule has 1 rings (SSSR count). The van der Waals surface area contributed by atoms with Crippen LogP contribution in [0.25, 0.3) is 0 Å². The molecule has 1 amide bonds. The predicted molar refractivity (Wildman–Crippen MR) is 55.4 cm³/mol. The lowest BCUT2D eigenvalue weighted by molar-refractivity contribution is -0.117. The summed E-state index contributed by atoms with van der Waals surface area (Å²) in [7, 11) is 1.56. The van der Waals surface area contributed by atoms with Gasteiger partial charge in [-0.25, -0.2) is 0 Å². The van der Waals surface area contributed by atoms with Crippen LogP contribution >= 0.6 is 11.5 Å².